The van der Waals surface area contributed by atoms with Crippen LogP contribution in [0.3, 0.4) is 0 Å². The first-order valence-electron chi connectivity index (χ1n) is 18.8. The highest BCUT2D eigenvalue weighted by molar-refractivity contribution is 7.87. The summed E-state index contributed by atoms with van der Waals surface area (Å²) in [5.41, 5.74) is 7.36. The number of hydrogen-bond acceptors (Lipinski definition) is 10. The van der Waals surface area contributed by atoms with Gasteiger partial charge in [-0.3, -0.25) is 0 Å². The Bertz CT molecular complexity index is 2690. The predicted molar refractivity (Wildman–Crippen MR) is 220 cm³/mol. The molecule has 4 heterocycles. The normalized spacial score (nSPS) is 16.3. The second-order valence-corrected chi connectivity index (χ2v) is 15.9. The van der Waals surface area contributed by atoms with Crippen molar-refractivity contribution in [2.45, 2.75) is 31.7 Å². The van der Waals surface area contributed by atoms with Gasteiger partial charge in [0, 0.05) is 37.4 Å². The van der Waals surface area contributed by atoms with Crippen LogP contribution in [0.1, 0.15) is 34.0 Å². The van der Waals surface area contributed by atoms with Gasteiger partial charge in [-0.25, -0.2) is 19.1 Å². The number of fused-ring (bicyclic) bond motifs is 4. The molecule has 0 radical (unpaired) electrons. The summed E-state index contributed by atoms with van der Waals surface area (Å²) < 4.78 is 54.6. The molecule has 288 valence electrons. The van der Waals surface area contributed by atoms with Crippen LogP contribution < -0.4 is 18.7 Å². The minimum atomic E-state index is -4.19. The maximum absolute atomic E-state index is 13.7. The van der Waals surface area contributed by atoms with E-state index in [9.17, 15) is 12.8 Å². The lowest BCUT2D eigenvalue weighted by Crippen LogP contribution is -2.55. The molecule has 13 heteroatoms. The number of ether oxygens (including phenoxy) is 1. The molecule has 0 aliphatic carbocycles. The first kappa shape index (κ1) is 36.2. The number of methoxy groups -OCH3 is 1. The van der Waals surface area contributed by atoms with Gasteiger partial charge < -0.3 is 23.6 Å². The van der Waals surface area contributed by atoms with Gasteiger partial charge in [-0.05, 0) is 104 Å². The molecule has 0 saturated carbocycles. The molecule has 5 aromatic carbocycles. The fourth-order valence-electron chi connectivity index (χ4n) is 7.87. The van der Waals surface area contributed by atoms with Gasteiger partial charge >= 0.3 is 10.1 Å². The molecule has 57 heavy (non-hydrogen) atoms. The highest BCUT2D eigenvalue weighted by Crippen LogP contribution is 2.49. The predicted octanol–water partition coefficient (Wildman–Crippen LogP) is 8.22. The van der Waals surface area contributed by atoms with Gasteiger partial charge in [-0.2, -0.15) is 13.5 Å². The highest BCUT2D eigenvalue weighted by atomic mass is 32.2. The Morgan fingerprint density at radius 3 is 2.19 bits per heavy atom. The zero-order valence-corrected chi connectivity index (χ0v) is 32.7. The average molecular weight is 782 g/mol. The molecule has 1 aromatic heterocycles. The molecule has 3 aliphatic rings. The third-order valence-corrected chi connectivity index (χ3v) is 12.1. The van der Waals surface area contributed by atoms with Crippen molar-refractivity contribution in [3.63, 3.8) is 0 Å². The molecule has 9 rings (SSSR count). The number of benzene rings is 5. The van der Waals surface area contributed by atoms with Crippen LogP contribution in [0.15, 0.2) is 130 Å². The fourth-order valence-corrected chi connectivity index (χ4v) is 9.12. The molecule has 0 bridgehead atoms. The second-order valence-electron chi connectivity index (χ2n) is 14.4. The summed E-state index contributed by atoms with van der Waals surface area (Å²) in [6, 6.07) is 34.7. The number of halogens is 1. The molecular formula is C44H40FN7O4S. The summed E-state index contributed by atoms with van der Waals surface area (Å²) in [6.07, 6.45) is 0. The Morgan fingerprint density at radius 2 is 1.44 bits per heavy atom. The number of aromatic nitrogens is 2. The van der Waals surface area contributed by atoms with E-state index < -0.39 is 16.2 Å². The number of hydrogen-bond donors (Lipinski definition) is 0. The van der Waals surface area contributed by atoms with Gasteiger partial charge in [-0.1, -0.05) is 48.5 Å². The summed E-state index contributed by atoms with van der Waals surface area (Å²) in [5, 5.41) is 5.06. The summed E-state index contributed by atoms with van der Waals surface area (Å²) >= 11 is 0. The molecule has 6 aromatic rings. The molecule has 0 spiro atoms. The minimum Gasteiger partial charge on any atom is -0.493 e. The summed E-state index contributed by atoms with van der Waals surface area (Å²) in [5.74, 6) is 2.14. The first-order chi connectivity index (χ1) is 27.6. The van der Waals surface area contributed by atoms with Gasteiger partial charge in [0.2, 0.25) is 0 Å². The molecular weight excluding hydrogens is 742 g/mol. The Hall–Kier alpha value is -6.47. The Labute approximate surface area is 331 Å². The lowest BCUT2D eigenvalue weighted by molar-refractivity contribution is 0.388. The van der Waals surface area contributed by atoms with Crippen molar-refractivity contribution in [1.29, 1.82) is 0 Å². The quantitative estimate of drug-likeness (QED) is 0.149. The smallest absolute Gasteiger partial charge is 0.339 e. The van der Waals surface area contributed by atoms with Crippen molar-refractivity contribution < 1.29 is 21.7 Å². The van der Waals surface area contributed by atoms with Gasteiger partial charge in [-0.15, -0.1) is 0 Å². The summed E-state index contributed by atoms with van der Waals surface area (Å²) in [6.45, 7) is 8.30. The van der Waals surface area contributed by atoms with Crippen molar-refractivity contribution in [1.82, 2.24) is 14.7 Å². The van der Waals surface area contributed by atoms with Crippen LogP contribution in [0.4, 0.5) is 27.3 Å². The Kier molecular flexibility index (Phi) is 9.04. The maximum Gasteiger partial charge on any atom is 0.339 e. The number of piperazine rings is 1. The minimum absolute atomic E-state index is 0.0732. The van der Waals surface area contributed by atoms with Crippen molar-refractivity contribution in [3.8, 4) is 17.2 Å². The number of rotatable bonds is 7. The number of anilines is 2. The third-order valence-electron chi connectivity index (χ3n) is 10.7. The molecule has 0 N–H and O–H groups in total. The Morgan fingerprint density at radius 1 is 0.719 bits per heavy atom. The molecule has 11 nitrogen and oxygen atoms in total. The van der Waals surface area contributed by atoms with Crippen LogP contribution in [0, 0.1) is 26.6 Å². The highest BCUT2D eigenvalue weighted by Gasteiger charge is 2.43. The monoisotopic (exact) mass is 781 g/mol. The topological polar surface area (TPSA) is 105 Å². The van der Waals surface area contributed by atoms with Gasteiger partial charge in [0.1, 0.15) is 10.7 Å². The number of para-hydroxylation sites is 3. The van der Waals surface area contributed by atoms with Crippen LogP contribution in [0.2, 0.25) is 0 Å². The number of aryl methyl sites for hydroxylation is 3. The van der Waals surface area contributed by atoms with Crippen molar-refractivity contribution in [3.05, 3.63) is 149 Å². The van der Waals surface area contributed by atoms with Crippen LogP contribution in [0.5, 0.6) is 11.5 Å². The SMILES string of the molecule is COc1cc([C@H]2c3c(C)nn(-c4ccccc4)c3N=C3C(N4CCN(c5ccc(F)cc5)CC4)=Nc4ccccc4N32)ccc1OS(=O)(=O)c1cc(C)ccc1C. The van der Waals surface area contributed by atoms with Crippen molar-refractivity contribution in [2.75, 3.05) is 43.1 Å². The van der Waals surface area contributed by atoms with E-state index in [1.807, 2.05) is 103 Å². The third kappa shape index (κ3) is 6.47. The second kappa shape index (κ2) is 14.2. The van der Waals surface area contributed by atoms with E-state index in [0.717, 1.165) is 51.0 Å². The van der Waals surface area contributed by atoms with Crippen molar-refractivity contribution in [2.24, 2.45) is 9.98 Å². The maximum atomic E-state index is 13.7. The Balaban J connectivity index is 1.17. The summed E-state index contributed by atoms with van der Waals surface area (Å²) in [4.78, 5) is 17.5. The van der Waals surface area contributed by atoms with E-state index in [0.29, 0.717) is 43.4 Å². The van der Waals surface area contributed by atoms with Crippen molar-refractivity contribution >= 4 is 44.7 Å². The van der Waals surface area contributed by atoms with Gasteiger partial charge in [0.15, 0.2) is 29.0 Å². The molecule has 0 amide bonds. The van der Waals surface area contributed by atoms with E-state index >= 15 is 0 Å². The number of nitrogens with zero attached hydrogens (tertiary/aromatic N) is 7. The fraction of sp³-hybridized carbons (Fsp3) is 0.205. The number of amidine groups is 2. The zero-order chi connectivity index (χ0) is 39.4. The van der Waals surface area contributed by atoms with E-state index in [2.05, 4.69) is 14.7 Å². The molecule has 1 saturated heterocycles. The van der Waals surface area contributed by atoms with Crippen LogP contribution in [-0.4, -0.2) is 68.1 Å². The van der Waals surface area contributed by atoms with E-state index in [1.54, 1.807) is 25.1 Å². The summed E-state index contributed by atoms with van der Waals surface area (Å²) in [7, 11) is -2.69. The average Bonchev–Trinajstić information content (AvgIpc) is 3.56. The zero-order valence-electron chi connectivity index (χ0n) is 31.9. The van der Waals surface area contributed by atoms with Crippen LogP contribution >= 0.6 is 0 Å². The molecule has 0 unspecified atom stereocenters. The van der Waals surface area contributed by atoms with Gasteiger partial charge in [0.25, 0.3) is 0 Å². The van der Waals surface area contributed by atoms with Gasteiger partial charge in [0.05, 0.1) is 35.9 Å². The first-order valence-corrected chi connectivity index (χ1v) is 20.2. The lowest BCUT2D eigenvalue weighted by atomic mass is 9.93. The van der Waals surface area contributed by atoms with E-state index in [1.165, 1.54) is 19.2 Å². The van der Waals surface area contributed by atoms with Crippen LogP contribution in [-0.2, 0) is 10.1 Å². The van der Waals surface area contributed by atoms with E-state index in [-0.39, 0.29) is 22.2 Å². The van der Waals surface area contributed by atoms with E-state index in [4.69, 9.17) is 24.0 Å². The standard InChI is InChI=1S/C44H40FN7O4S/c1-28-14-15-29(2)39(26-28)57(53,54)56-37-21-16-31(27-38(37)55-4)41-40-30(3)48-52(34-10-6-5-7-11-34)42(40)47-44-43(46-35-12-8-9-13-36(35)51(41)44)50-24-22-49(23-25-50)33-19-17-32(45)18-20-33/h5-21,26-27,41H,22-25H2,1-4H3/t41-/m0/s1. The largest absolute Gasteiger partial charge is 0.493 e. The molecule has 1 fully saturated rings. The lowest BCUT2D eigenvalue weighted by Gasteiger charge is -2.44. The molecule has 3 aliphatic heterocycles. The molecule has 1 atom stereocenters. The number of aliphatic imine (C=N–C) groups is 2. The van der Waals surface area contributed by atoms with Crippen LogP contribution in [0.25, 0.3) is 5.69 Å².